The average Bonchev–Trinajstić information content (AvgIpc) is 2.72. The van der Waals surface area contributed by atoms with Crippen molar-refractivity contribution in [1.82, 2.24) is 4.90 Å². The lowest BCUT2D eigenvalue weighted by Gasteiger charge is -2.27. The topological polar surface area (TPSA) is 38.5 Å². The molecule has 0 aliphatic carbocycles. The third-order valence-electron chi connectivity index (χ3n) is 4.00. The van der Waals surface area contributed by atoms with Gasteiger partial charge in [0.15, 0.2) is 0 Å². The van der Waals surface area contributed by atoms with E-state index in [0.717, 1.165) is 44.6 Å². The normalized spacial score (nSPS) is 21.5. The molecule has 1 aromatic carbocycles. The largest absolute Gasteiger partial charge is 0.398 e. The van der Waals surface area contributed by atoms with E-state index in [9.17, 15) is 0 Å². The lowest BCUT2D eigenvalue weighted by atomic mass is 10.1. The zero-order chi connectivity index (χ0) is 14.6. The van der Waals surface area contributed by atoms with E-state index in [4.69, 9.17) is 10.5 Å². The number of nitrogens with zero attached hydrogens (tertiary/aromatic N) is 1. The van der Waals surface area contributed by atoms with Crippen molar-refractivity contribution in [3.05, 3.63) is 29.8 Å². The summed E-state index contributed by atoms with van der Waals surface area (Å²) in [6.45, 7) is 9.61. The van der Waals surface area contributed by atoms with Gasteiger partial charge in [0.05, 0.1) is 11.7 Å². The molecule has 3 heteroatoms. The Morgan fingerprint density at radius 2 is 2.10 bits per heavy atom. The maximum absolute atomic E-state index is 6.12. The Balaban J connectivity index is 1.96. The minimum absolute atomic E-state index is 0.0499. The molecule has 1 saturated heterocycles. The van der Waals surface area contributed by atoms with Crippen molar-refractivity contribution < 1.29 is 4.74 Å². The van der Waals surface area contributed by atoms with Crippen molar-refractivity contribution in [3.63, 3.8) is 0 Å². The molecule has 0 bridgehead atoms. The van der Waals surface area contributed by atoms with Gasteiger partial charge >= 0.3 is 0 Å². The highest BCUT2D eigenvalue weighted by Crippen LogP contribution is 2.30. The molecule has 0 saturated carbocycles. The number of para-hydroxylation sites is 1. The SMILES string of the molecule is CCCN(Cc1ccccc1N)CC1CCC(C)(C)O1. The molecule has 0 spiro atoms. The number of benzene rings is 1. The molecule has 1 atom stereocenters. The Morgan fingerprint density at radius 3 is 2.70 bits per heavy atom. The molecule has 0 amide bonds. The van der Waals surface area contributed by atoms with E-state index in [2.05, 4.69) is 37.8 Å². The monoisotopic (exact) mass is 276 g/mol. The predicted molar refractivity (Wildman–Crippen MR) is 84.6 cm³/mol. The molecule has 2 N–H and O–H groups in total. The van der Waals surface area contributed by atoms with Gasteiger partial charge in [0.25, 0.3) is 0 Å². The molecule has 1 aromatic rings. The number of ether oxygens (including phenoxy) is 1. The molecular formula is C17H28N2O. The van der Waals surface area contributed by atoms with E-state index in [1.807, 2.05) is 12.1 Å². The number of rotatable bonds is 6. The van der Waals surface area contributed by atoms with Crippen LogP contribution in [0.4, 0.5) is 5.69 Å². The van der Waals surface area contributed by atoms with Gasteiger partial charge in [-0.3, -0.25) is 4.90 Å². The first-order valence-electron chi connectivity index (χ1n) is 7.74. The maximum Gasteiger partial charge on any atom is 0.0710 e. The first kappa shape index (κ1) is 15.3. The summed E-state index contributed by atoms with van der Waals surface area (Å²) in [4.78, 5) is 2.47. The quantitative estimate of drug-likeness (QED) is 0.809. The zero-order valence-corrected chi connectivity index (χ0v) is 13.1. The van der Waals surface area contributed by atoms with Gasteiger partial charge < -0.3 is 10.5 Å². The van der Waals surface area contributed by atoms with Crippen LogP contribution in [-0.4, -0.2) is 29.7 Å². The molecule has 20 heavy (non-hydrogen) atoms. The van der Waals surface area contributed by atoms with E-state index in [1.54, 1.807) is 0 Å². The van der Waals surface area contributed by atoms with E-state index < -0.39 is 0 Å². The number of anilines is 1. The summed E-state index contributed by atoms with van der Waals surface area (Å²) in [5.74, 6) is 0. The number of nitrogen functional groups attached to an aromatic ring is 1. The summed E-state index contributed by atoms with van der Waals surface area (Å²) in [5, 5.41) is 0. The lowest BCUT2D eigenvalue weighted by Crippen LogP contribution is -2.34. The van der Waals surface area contributed by atoms with Crippen LogP contribution in [0.15, 0.2) is 24.3 Å². The Labute approximate surface area is 123 Å². The summed E-state index contributed by atoms with van der Waals surface area (Å²) in [5.41, 5.74) is 8.22. The van der Waals surface area contributed by atoms with Gasteiger partial charge in [0.1, 0.15) is 0 Å². The second kappa shape index (κ2) is 6.59. The third kappa shape index (κ3) is 4.22. The van der Waals surface area contributed by atoms with E-state index in [0.29, 0.717) is 6.10 Å². The van der Waals surface area contributed by atoms with Crippen LogP contribution < -0.4 is 5.73 Å². The Hall–Kier alpha value is -1.06. The van der Waals surface area contributed by atoms with Crippen molar-refractivity contribution in [2.45, 2.75) is 58.3 Å². The summed E-state index contributed by atoms with van der Waals surface area (Å²) < 4.78 is 6.12. The number of nitrogens with two attached hydrogens (primary N) is 1. The van der Waals surface area contributed by atoms with Gasteiger partial charge in [-0.25, -0.2) is 0 Å². The predicted octanol–water partition coefficient (Wildman–Crippen LogP) is 3.44. The van der Waals surface area contributed by atoms with Crippen LogP contribution in [0.3, 0.4) is 0 Å². The first-order chi connectivity index (χ1) is 9.50. The molecule has 1 heterocycles. The average molecular weight is 276 g/mol. The highest BCUT2D eigenvalue weighted by Gasteiger charge is 2.32. The summed E-state index contributed by atoms with van der Waals surface area (Å²) >= 11 is 0. The van der Waals surface area contributed by atoms with Crippen LogP contribution in [0.25, 0.3) is 0 Å². The van der Waals surface area contributed by atoms with Crippen molar-refractivity contribution in [3.8, 4) is 0 Å². The third-order valence-corrected chi connectivity index (χ3v) is 4.00. The molecule has 0 radical (unpaired) electrons. The van der Waals surface area contributed by atoms with E-state index in [1.165, 1.54) is 5.56 Å². The fourth-order valence-electron chi connectivity index (χ4n) is 2.96. The number of hydrogen-bond acceptors (Lipinski definition) is 3. The molecular weight excluding hydrogens is 248 g/mol. The standard InChI is InChI=1S/C17H28N2O/c1-4-11-19(12-14-7-5-6-8-16(14)18)13-15-9-10-17(2,3)20-15/h5-8,15H,4,9-13,18H2,1-3H3. The van der Waals surface area contributed by atoms with Crippen molar-refractivity contribution >= 4 is 5.69 Å². The zero-order valence-electron chi connectivity index (χ0n) is 13.1. The van der Waals surface area contributed by atoms with Gasteiger partial charge in [-0.05, 0) is 51.3 Å². The highest BCUT2D eigenvalue weighted by molar-refractivity contribution is 5.46. The van der Waals surface area contributed by atoms with Crippen molar-refractivity contribution in [2.24, 2.45) is 0 Å². The van der Waals surface area contributed by atoms with Gasteiger partial charge in [0, 0.05) is 18.8 Å². The molecule has 0 aromatic heterocycles. The molecule has 112 valence electrons. The smallest absolute Gasteiger partial charge is 0.0710 e. The second-order valence-corrected chi connectivity index (χ2v) is 6.47. The lowest BCUT2D eigenvalue weighted by molar-refractivity contribution is -0.0295. The molecule has 1 aliphatic heterocycles. The first-order valence-corrected chi connectivity index (χ1v) is 7.74. The van der Waals surface area contributed by atoms with Crippen LogP contribution in [0.1, 0.15) is 45.6 Å². The fraction of sp³-hybridized carbons (Fsp3) is 0.647. The second-order valence-electron chi connectivity index (χ2n) is 6.47. The fourth-order valence-corrected chi connectivity index (χ4v) is 2.96. The van der Waals surface area contributed by atoms with E-state index >= 15 is 0 Å². The van der Waals surface area contributed by atoms with Crippen molar-refractivity contribution in [2.75, 3.05) is 18.8 Å². The van der Waals surface area contributed by atoms with Crippen LogP contribution in [0, 0.1) is 0 Å². The van der Waals surface area contributed by atoms with Gasteiger partial charge in [0.2, 0.25) is 0 Å². The summed E-state index contributed by atoms with van der Waals surface area (Å²) in [6, 6.07) is 8.16. The van der Waals surface area contributed by atoms with Crippen LogP contribution in [0.2, 0.25) is 0 Å². The molecule has 2 rings (SSSR count). The summed E-state index contributed by atoms with van der Waals surface area (Å²) in [7, 11) is 0. The highest BCUT2D eigenvalue weighted by atomic mass is 16.5. The minimum Gasteiger partial charge on any atom is -0.398 e. The van der Waals surface area contributed by atoms with E-state index in [-0.39, 0.29) is 5.60 Å². The Morgan fingerprint density at radius 1 is 1.35 bits per heavy atom. The van der Waals surface area contributed by atoms with Gasteiger partial charge in [-0.2, -0.15) is 0 Å². The Kier molecular flexibility index (Phi) is 5.06. The van der Waals surface area contributed by atoms with Gasteiger partial charge in [-0.1, -0.05) is 25.1 Å². The minimum atomic E-state index is 0.0499. The molecule has 1 aliphatic rings. The Bertz CT molecular complexity index is 431. The van der Waals surface area contributed by atoms with Crippen LogP contribution >= 0.6 is 0 Å². The van der Waals surface area contributed by atoms with Crippen molar-refractivity contribution in [1.29, 1.82) is 0 Å². The number of hydrogen-bond donors (Lipinski definition) is 1. The molecule has 3 nitrogen and oxygen atoms in total. The molecule has 1 fully saturated rings. The van der Waals surface area contributed by atoms with Crippen LogP contribution in [0.5, 0.6) is 0 Å². The van der Waals surface area contributed by atoms with Crippen LogP contribution in [-0.2, 0) is 11.3 Å². The van der Waals surface area contributed by atoms with Gasteiger partial charge in [-0.15, -0.1) is 0 Å². The summed E-state index contributed by atoms with van der Waals surface area (Å²) in [6.07, 6.45) is 3.84. The maximum atomic E-state index is 6.12. The molecule has 1 unspecified atom stereocenters.